The summed E-state index contributed by atoms with van der Waals surface area (Å²) in [7, 11) is 0. The van der Waals surface area contributed by atoms with E-state index in [0.717, 1.165) is 5.56 Å². The molecule has 0 saturated carbocycles. The van der Waals surface area contributed by atoms with Crippen molar-refractivity contribution in [3.8, 4) is 11.5 Å². The van der Waals surface area contributed by atoms with Crippen molar-refractivity contribution in [2.45, 2.75) is 19.8 Å². The molecule has 0 radical (unpaired) electrons. The predicted octanol–water partition coefficient (Wildman–Crippen LogP) is 3.69. The van der Waals surface area contributed by atoms with Gasteiger partial charge in [0.15, 0.2) is 6.61 Å². The lowest BCUT2D eigenvalue weighted by molar-refractivity contribution is -0.130. The fourth-order valence-electron chi connectivity index (χ4n) is 2.10. The monoisotopic (exact) mass is 410 g/mol. The van der Waals surface area contributed by atoms with Crippen LogP contribution < -0.4 is 20.3 Å². The van der Waals surface area contributed by atoms with Gasteiger partial charge in [0.05, 0.1) is 11.6 Å². The molecule has 27 heavy (non-hydrogen) atoms. The maximum absolute atomic E-state index is 11.7. The zero-order valence-corrected chi connectivity index (χ0v) is 16.3. The van der Waals surface area contributed by atoms with Crippen LogP contribution in [0.25, 0.3) is 0 Å². The van der Waals surface area contributed by atoms with Crippen LogP contribution in [0.2, 0.25) is 10.0 Å². The van der Waals surface area contributed by atoms with Crippen molar-refractivity contribution in [2.75, 3.05) is 13.2 Å². The van der Waals surface area contributed by atoms with Gasteiger partial charge in [-0.05, 0) is 49.2 Å². The number of carbonyl (C=O) groups excluding carboxylic acids is 2. The minimum Gasteiger partial charge on any atom is -0.492 e. The van der Waals surface area contributed by atoms with Crippen molar-refractivity contribution in [3.63, 3.8) is 0 Å². The zero-order chi connectivity index (χ0) is 19.6. The summed E-state index contributed by atoms with van der Waals surface area (Å²) in [5.74, 6) is 0.316. The van der Waals surface area contributed by atoms with Gasteiger partial charge in [0, 0.05) is 11.4 Å². The van der Waals surface area contributed by atoms with Crippen LogP contribution in [0, 0.1) is 6.92 Å². The lowest BCUT2D eigenvalue weighted by Crippen LogP contribution is -2.43. The summed E-state index contributed by atoms with van der Waals surface area (Å²) >= 11 is 11.8. The van der Waals surface area contributed by atoms with E-state index in [1.807, 2.05) is 25.1 Å². The van der Waals surface area contributed by atoms with Gasteiger partial charge in [-0.15, -0.1) is 0 Å². The van der Waals surface area contributed by atoms with E-state index in [-0.39, 0.29) is 18.9 Å². The quantitative estimate of drug-likeness (QED) is 0.513. The Labute approximate surface area is 167 Å². The molecule has 0 unspecified atom stereocenters. The number of nitrogens with one attached hydrogen (secondary N) is 2. The number of hydrogen-bond acceptors (Lipinski definition) is 4. The van der Waals surface area contributed by atoms with E-state index >= 15 is 0 Å². The van der Waals surface area contributed by atoms with Gasteiger partial charge in [0.2, 0.25) is 5.91 Å². The third kappa shape index (κ3) is 7.76. The maximum Gasteiger partial charge on any atom is 0.276 e. The predicted molar refractivity (Wildman–Crippen MR) is 104 cm³/mol. The molecule has 144 valence electrons. The van der Waals surface area contributed by atoms with Crippen molar-refractivity contribution in [1.29, 1.82) is 0 Å². The standard InChI is InChI=1S/C19H20Cl2N2O4/c1-13-4-2-5-15(10-13)27-12-19(25)23-22-18(24)6-3-9-26-17-8-7-14(20)11-16(17)21/h2,4-5,7-8,10-11H,3,6,9,12H2,1H3,(H,22,24)(H,23,25). The number of rotatable bonds is 8. The highest BCUT2D eigenvalue weighted by molar-refractivity contribution is 6.35. The normalized spacial score (nSPS) is 10.2. The Kier molecular flexibility index (Phi) is 8.23. The molecule has 0 aromatic heterocycles. The van der Waals surface area contributed by atoms with Gasteiger partial charge in [-0.1, -0.05) is 35.3 Å². The number of carbonyl (C=O) groups is 2. The van der Waals surface area contributed by atoms with Crippen LogP contribution in [-0.2, 0) is 9.59 Å². The van der Waals surface area contributed by atoms with Crippen LogP contribution in [0.3, 0.4) is 0 Å². The summed E-state index contributed by atoms with van der Waals surface area (Å²) in [5, 5.41) is 0.932. The number of ether oxygens (including phenoxy) is 2. The van der Waals surface area contributed by atoms with Crippen molar-refractivity contribution in [1.82, 2.24) is 10.9 Å². The second kappa shape index (κ2) is 10.6. The average molecular weight is 411 g/mol. The van der Waals surface area contributed by atoms with Crippen molar-refractivity contribution in [2.24, 2.45) is 0 Å². The maximum atomic E-state index is 11.7. The molecule has 2 N–H and O–H groups in total. The van der Waals surface area contributed by atoms with Crippen LogP contribution >= 0.6 is 23.2 Å². The summed E-state index contributed by atoms with van der Waals surface area (Å²) in [6.45, 7) is 2.04. The number of hydrazine groups is 1. The van der Waals surface area contributed by atoms with Gasteiger partial charge in [0.1, 0.15) is 11.5 Å². The summed E-state index contributed by atoms with van der Waals surface area (Å²) in [6, 6.07) is 12.3. The van der Waals surface area contributed by atoms with Crippen LogP contribution in [0.15, 0.2) is 42.5 Å². The highest BCUT2D eigenvalue weighted by atomic mass is 35.5. The van der Waals surface area contributed by atoms with E-state index in [0.29, 0.717) is 34.6 Å². The van der Waals surface area contributed by atoms with E-state index in [1.54, 1.807) is 24.3 Å². The lowest BCUT2D eigenvalue weighted by atomic mass is 10.2. The Morgan fingerprint density at radius 2 is 1.78 bits per heavy atom. The van der Waals surface area contributed by atoms with Gasteiger partial charge < -0.3 is 9.47 Å². The summed E-state index contributed by atoms with van der Waals surface area (Å²) in [5.41, 5.74) is 5.66. The molecule has 0 fully saturated rings. The molecular weight excluding hydrogens is 391 g/mol. The number of benzene rings is 2. The molecule has 2 rings (SSSR count). The molecule has 0 atom stereocenters. The van der Waals surface area contributed by atoms with E-state index in [4.69, 9.17) is 32.7 Å². The second-order valence-electron chi connectivity index (χ2n) is 5.73. The fraction of sp³-hybridized carbons (Fsp3) is 0.263. The molecule has 0 bridgehead atoms. The van der Waals surface area contributed by atoms with Crippen LogP contribution in [0.5, 0.6) is 11.5 Å². The van der Waals surface area contributed by atoms with Gasteiger partial charge in [-0.25, -0.2) is 0 Å². The number of aryl methyl sites for hydroxylation is 1. The highest BCUT2D eigenvalue weighted by Gasteiger charge is 2.07. The van der Waals surface area contributed by atoms with Crippen LogP contribution in [0.4, 0.5) is 0 Å². The lowest BCUT2D eigenvalue weighted by Gasteiger charge is -2.10. The molecule has 8 heteroatoms. The molecular formula is C19H20Cl2N2O4. The van der Waals surface area contributed by atoms with E-state index in [9.17, 15) is 9.59 Å². The van der Waals surface area contributed by atoms with E-state index < -0.39 is 5.91 Å². The van der Waals surface area contributed by atoms with Crippen LogP contribution in [0.1, 0.15) is 18.4 Å². The Morgan fingerprint density at radius 1 is 1.00 bits per heavy atom. The fourth-order valence-corrected chi connectivity index (χ4v) is 2.56. The Balaban J connectivity index is 1.59. The molecule has 0 aliphatic carbocycles. The SMILES string of the molecule is Cc1cccc(OCC(=O)NNC(=O)CCCOc2ccc(Cl)cc2Cl)c1. The molecule has 2 aromatic rings. The smallest absolute Gasteiger partial charge is 0.276 e. The Morgan fingerprint density at radius 3 is 2.52 bits per heavy atom. The number of hydrogen-bond donors (Lipinski definition) is 2. The van der Waals surface area contributed by atoms with Gasteiger partial charge >= 0.3 is 0 Å². The second-order valence-corrected chi connectivity index (χ2v) is 6.57. The minimum absolute atomic E-state index is 0.185. The third-order valence-electron chi connectivity index (χ3n) is 3.40. The van der Waals surface area contributed by atoms with Crippen molar-refractivity contribution < 1.29 is 19.1 Å². The molecule has 2 amide bonds. The third-order valence-corrected chi connectivity index (χ3v) is 3.93. The summed E-state index contributed by atoms with van der Waals surface area (Å²) in [4.78, 5) is 23.4. The molecule has 0 saturated heterocycles. The Hall–Kier alpha value is -2.44. The molecule has 0 aliphatic heterocycles. The van der Waals surface area contributed by atoms with Gasteiger partial charge in [0.25, 0.3) is 5.91 Å². The molecule has 0 aliphatic rings. The van der Waals surface area contributed by atoms with Crippen molar-refractivity contribution >= 4 is 35.0 Å². The van der Waals surface area contributed by atoms with Gasteiger partial charge in [-0.2, -0.15) is 0 Å². The van der Waals surface area contributed by atoms with Crippen molar-refractivity contribution in [3.05, 3.63) is 58.1 Å². The average Bonchev–Trinajstić information content (AvgIpc) is 2.63. The Bertz CT molecular complexity index is 799. The molecule has 0 spiro atoms. The minimum atomic E-state index is -0.450. The first kappa shape index (κ1) is 20.9. The number of halogens is 2. The summed E-state index contributed by atoms with van der Waals surface area (Å²) in [6.07, 6.45) is 0.644. The topological polar surface area (TPSA) is 76.7 Å². The van der Waals surface area contributed by atoms with E-state index in [2.05, 4.69) is 10.9 Å². The molecule has 6 nitrogen and oxygen atoms in total. The first-order chi connectivity index (χ1) is 12.9. The summed E-state index contributed by atoms with van der Waals surface area (Å²) < 4.78 is 10.8. The first-order valence-electron chi connectivity index (χ1n) is 8.29. The van der Waals surface area contributed by atoms with E-state index in [1.165, 1.54) is 0 Å². The highest BCUT2D eigenvalue weighted by Crippen LogP contribution is 2.27. The largest absolute Gasteiger partial charge is 0.492 e. The van der Waals surface area contributed by atoms with Gasteiger partial charge in [-0.3, -0.25) is 20.4 Å². The molecule has 0 heterocycles. The molecule has 2 aromatic carbocycles. The first-order valence-corrected chi connectivity index (χ1v) is 9.04. The number of amides is 2. The zero-order valence-electron chi connectivity index (χ0n) is 14.8. The van der Waals surface area contributed by atoms with Crippen LogP contribution in [-0.4, -0.2) is 25.0 Å².